The molecule has 1 nitrogen and oxygen atoms in total. The van der Waals surface area contributed by atoms with Gasteiger partial charge < -0.3 is 0 Å². The molecule has 0 saturated carbocycles. The average Bonchev–Trinajstić information content (AvgIpc) is 2.10. The molecule has 0 aliphatic rings. The predicted octanol–water partition coefficient (Wildman–Crippen LogP) is 2.85. The molecule has 4 heteroatoms. The number of benzene rings is 1. The Kier molecular flexibility index (Phi) is 3.14. The van der Waals surface area contributed by atoms with Crippen LogP contribution in [0.3, 0.4) is 0 Å². The number of alkyl halides is 1. The van der Waals surface area contributed by atoms with E-state index in [2.05, 4.69) is 15.9 Å². The number of carbonyl (C=O) groups excluding carboxylic acids is 1. The minimum atomic E-state index is -0.647. The molecule has 0 aliphatic heterocycles. The zero-order valence-corrected chi connectivity index (χ0v) is 8.49. The fraction of sp³-hybridized carbons (Fsp3) is 0.222. The van der Waals surface area contributed by atoms with Crippen LogP contribution in [-0.4, -0.2) is 11.1 Å². The van der Waals surface area contributed by atoms with E-state index < -0.39 is 17.4 Å². The van der Waals surface area contributed by atoms with Gasteiger partial charge in [-0.3, -0.25) is 4.79 Å². The van der Waals surface area contributed by atoms with E-state index in [1.54, 1.807) is 0 Å². The van der Waals surface area contributed by atoms with Crippen LogP contribution in [-0.2, 0) is 0 Å². The second-order valence-electron chi connectivity index (χ2n) is 2.64. The minimum absolute atomic E-state index is 0.00713. The molecular formula is C9H7BrF2O. The topological polar surface area (TPSA) is 17.1 Å². The summed E-state index contributed by atoms with van der Waals surface area (Å²) in [5.74, 6) is -1.70. The Balaban J connectivity index is 3.28. The number of ketones is 1. The normalized spacial score (nSPS) is 10.2. The number of aryl methyl sites for hydroxylation is 1. The summed E-state index contributed by atoms with van der Waals surface area (Å²) in [6, 6.07) is 1.96. The van der Waals surface area contributed by atoms with Crippen molar-refractivity contribution in [2.75, 3.05) is 5.33 Å². The summed E-state index contributed by atoms with van der Waals surface area (Å²) in [4.78, 5) is 11.1. The number of hydrogen-bond acceptors (Lipinski definition) is 1. The largest absolute Gasteiger partial charge is 0.293 e. The highest BCUT2D eigenvalue weighted by molar-refractivity contribution is 9.09. The lowest BCUT2D eigenvalue weighted by molar-refractivity contribution is 0.101. The van der Waals surface area contributed by atoms with Crippen molar-refractivity contribution in [3.05, 3.63) is 34.9 Å². The standard InChI is InChI=1S/C9H7BrF2O/c1-5-2-6(11)3-7(9(5)12)8(13)4-10/h2-3H,4H2,1H3. The van der Waals surface area contributed by atoms with Gasteiger partial charge in [0.05, 0.1) is 10.9 Å². The second kappa shape index (κ2) is 3.96. The van der Waals surface area contributed by atoms with Crippen LogP contribution < -0.4 is 0 Å². The number of carbonyl (C=O) groups is 1. The molecule has 0 heterocycles. The van der Waals surface area contributed by atoms with Gasteiger partial charge in [-0.15, -0.1) is 0 Å². The SMILES string of the molecule is Cc1cc(F)cc(C(=O)CBr)c1F. The highest BCUT2D eigenvalue weighted by Crippen LogP contribution is 2.15. The molecule has 0 N–H and O–H groups in total. The maximum absolute atomic E-state index is 13.2. The first kappa shape index (κ1) is 10.3. The van der Waals surface area contributed by atoms with Crippen molar-refractivity contribution in [2.24, 2.45) is 0 Å². The Bertz CT molecular complexity index is 350. The van der Waals surface area contributed by atoms with Gasteiger partial charge in [0.1, 0.15) is 11.6 Å². The van der Waals surface area contributed by atoms with Crippen LogP contribution in [0.4, 0.5) is 8.78 Å². The lowest BCUT2D eigenvalue weighted by Crippen LogP contribution is -2.05. The van der Waals surface area contributed by atoms with Crippen molar-refractivity contribution in [1.82, 2.24) is 0 Å². The van der Waals surface area contributed by atoms with Gasteiger partial charge in [0.25, 0.3) is 0 Å². The molecule has 0 radical (unpaired) electrons. The van der Waals surface area contributed by atoms with E-state index in [0.29, 0.717) is 0 Å². The third kappa shape index (κ3) is 2.12. The molecule has 0 amide bonds. The molecule has 0 spiro atoms. The number of rotatable bonds is 2. The molecule has 1 aromatic carbocycles. The summed E-state index contributed by atoms with van der Waals surface area (Å²) in [5.41, 5.74) is -0.0568. The Morgan fingerprint density at radius 1 is 1.46 bits per heavy atom. The van der Waals surface area contributed by atoms with Crippen LogP contribution >= 0.6 is 15.9 Å². The van der Waals surface area contributed by atoms with E-state index in [1.165, 1.54) is 6.92 Å². The minimum Gasteiger partial charge on any atom is -0.293 e. The van der Waals surface area contributed by atoms with Gasteiger partial charge in [0.15, 0.2) is 5.78 Å². The predicted molar refractivity (Wildman–Crippen MR) is 49.2 cm³/mol. The van der Waals surface area contributed by atoms with Crippen molar-refractivity contribution in [3.8, 4) is 0 Å². The van der Waals surface area contributed by atoms with E-state index >= 15 is 0 Å². The Morgan fingerprint density at radius 2 is 2.08 bits per heavy atom. The quantitative estimate of drug-likeness (QED) is 0.581. The van der Waals surface area contributed by atoms with E-state index in [-0.39, 0.29) is 16.5 Å². The van der Waals surface area contributed by atoms with Gasteiger partial charge in [-0.25, -0.2) is 8.78 Å². The van der Waals surface area contributed by atoms with Gasteiger partial charge in [-0.05, 0) is 24.6 Å². The zero-order valence-electron chi connectivity index (χ0n) is 6.90. The summed E-state index contributed by atoms with van der Waals surface area (Å²) >= 11 is 2.90. The van der Waals surface area contributed by atoms with Gasteiger partial charge in [0, 0.05) is 0 Å². The Hall–Kier alpha value is -0.770. The molecule has 0 unspecified atom stereocenters. The van der Waals surface area contributed by atoms with Crippen molar-refractivity contribution in [3.63, 3.8) is 0 Å². The van der Waals surface area contributed by atoms with Crippen LogP contribution in [0, 0.1) is 18.6 Å². The molecule has 0 aliphatic carbocycles. The number of Topliss-reactive ketones (excluding diaryl/α,β-unsaturated/α-hetero) is 1. The molecule has 0 atom stereocenters. The van der Waals surface area contributed by atoms with Crippen molar-refractivity contribution in [1.29, 1.82) is 0 Å². The van der Waals surface area contributed by atoms with Crippen molar-refractivity contribution < 1.29 is 13.6 Å². The second-order valence-corrected chi connectivity index (χ2v) is 3.20. The molecular weight excluding hydrogens is 242 g/mol. The summed E-state index contributed by atoms with van der Waals surface area (Å²) in [6.45, 7) is 1.42. The molecule has 0 bridgehead atoms. The van der Waals surface area contributed by atoms with Crippen LogP contribution in [0.1, 0.15) is 15.9 Å². The summed E-state index contributed by atoms with van der Waals surface area (Å²) < 4.78 is 26.0. The third-order valence-corrected chi connectivity index (χ3v) is 2.15. The molecule has 13 heavy (non-hydrogen) atoms. The highest BCUT2D eigenvalue weighted by Gasteiger charge is 2.13. The third-order valence-electron chi connectivity index (χ3n) is 1.64. The molecule has 70 valence electrons. The fourth-order valence-corrected chi connectivity index (χ4v) is 1.30. The summed E-state index contributed by atoms with van der Waals surface area (Å²) in [6.07, 6.45) is 0. The van der Waals surface area contributed by atoms with Gasteiger partial charge in [-0.2, -0.15) is 0 Å². The lowest BCUT2D eigenvalue weighted by atomic mass is 10.1. The molecule has 0 saturated heterocycles. The van der Waals surface area contributed by atoms with Crippen molar-refractivity contribution in [2.45, 2.75) is 6.92 Å². The number of halogens is 3. The molecule has 0 fully saturated rings. The monoisotopic (exact) mass is 248 g/mol. The maximum atomic E-state index is 13.2. The Labute approximate surface area is 82.9 Å². The lowest BCUT2D eigenvalue weighted by Gasteiger charge is -2.02. The van der Waals surface area contributed by atoms with Gasteiger partial charge in [-0.1, -0.05) is 15.9 Å². The van der Waals surface area contributed by atoms with Crippen molar-refractivity contribution >= 4 is 21.7 Å². The first-order valence-corrected chi connectivity index (χ1v) is 4.73. The molecule has 0 aromatic heterocycles. The summed E-state index contributed by atoms with van der Waals surface area (Å²) in [7, 11) is 0. The smallest absolute Gasteiger partial charge is 0.176 e. The van der Waals surface area contributed by atoms with Gasteiger partial charge >= 0.3 is 0 Å². The first-order valence-electron chi connectivity index (χ1n) is 3.61. The highest BCUT2D eigenvalue weighted by atomic mass is 79.9. The van der Waals surface area contributed by atoms with Crippen LogP contribution in [0.2, 0.25) is 0 Å². The van der Waals surface area contributed by atoms with E-state index in [9.17, 15) is 13.6 Å². The first-order chi connectivity index (χ1) is 6.06. The summed E-state index contributed by atoms with van der Waals surface area (Å²) in [5, 5.41) is -0.00713. The fourth-order valence-electron chi connectivity index (χ4n) is 1.00. The Morgan fingerprint density at radius 3 is 2.62 bits per heavy atom. The maximum Gasteiger partial charge on any atom is 0.176 e. The van der Waals surface area contributed by atoms with E-state index in [1.807, 2.05) is 0 Å². The van der Waals surface area contributed by atoms with Crippen LogP contribution in [0.25, 0.3) is 0 Å². The van der Waals surface area contributed by atoms with Crippen LogP contribution in [0.5, 0.6) is 0 Å². The van der Waals surface area contributed by atoms with Crippen LogP contribution in [0.15, 0.2) is 12.1 Å². The molecule has 1 rings (SSSR count). The van der Waals surface area contributed by atoms with Gasteiger partial charge in [0.2, 0.25) is 0 Å². The molecule has 1 aromatic rings. The average molecular weight is 249 g/mol. The van der Waals surface area contributed by atoms with E-state index in [4.69, 9.17) is 0 Å². The number of hydrogen-bond donors (Lipinski definition) is 0. The van der Waals surface area contributed by atoms with E-state index in [0.717, 1.165) is 12.1 Å². The zero-order chi connectivity index (χ0) is 10.0.